The van der Waals surface area contributed by atoms with Crippen LogP contribution < -0.4 is 0 Å². The van der Waals surface area contributed by atoms with Crippen LogP contribution in [-0.4, -0.2) is 53.4 Å². The molecule has 0 radical (unpaired) electrons. The van der Waals surface area contributed by atoms with Crippen molar-refractivity contribution in [2.75, 3.05) is 32.7 Å². The molecule has 1 amide bonds. The van der Waals surface area contributed by atoms with Gasteiger partial charge in [0.2, 0.25) is 0 Å². The molecule has 110 valence electrons. The van der Waals surface area contributed by atoms with E-state index in [1.165, 1.54) is 12.6 Å². The van der Waals surface area contributed by atoms with Gasteiger partial charge in [0, 0.05) is 38.6 Å². The minimum Gasteiger partial charge on any atom is -0.336 e. The highest BCUT2D eigenvalue weighted by atomic mass is 35.5. The smallest absolute Gasteiger partial charge is 0.255 e. The lowest BCUT2D eigenvalue weighted by Gasteiger charge is -2.35. The molecule has 1 aromatic heterocycles. The molecule has 0 atom stereocenters. The Hall–Kier alpha value is -1.13. The third-order valence-electron chi connectivity index (χ3n) is 3.69. The lowest BCUT2D eigenvalue weighted by molar-refractivity contribution is 0.0632. The van der Waals surface area contributed by atoms with Crippen molar-refractivity contribution >= 4 is 17.5 Å². The average Bonchev–Trinajstić information content (AvgIpc) is 2.45. The molecular formula is C15H22ClN3O. The van der Waals surface area contributed by atoms with Gasteiger partial charge in [-0.2, -0.15) is 0 Å². The van der Waals surface area contributed by atoms with E-state index in [0.29, 0.717) is 10.6 Å². The summed E-state index contributed by atoms with van der Waals surface area (Å²) in [5.74, 6) is 0.742. The molecule has 1 saturated heterocycles. The van der Waals surface area contributed by atoms with Crippen molar-refractivity contribution < 1.29 is 4.79 Å². The van der Waals surface area contributed by atoms with Crippen molar-refractivity contribution in [3.8, 4) is 0 Å². The first-order valence-corrected chi connectivity index (χ1v) is 7.57. The minimum atomic E-state index is 0.0147. The summed E-state index contributed by atoms with van der Waals surface area (Å²) in [5.41, 5.74) is 0.553. The number of piperazine rings is 1. The van der Waals surface area contributed by atoms with Crippen LogP contribution in [0.5, 0.6) is 0 Å². The molecule has 20 heavy (non-hydrogen) atoms. The Morgan fingerprint density at radius 1 is 1.35 bits per heavy atom. The van der Waals surface area contributed by atoms with E-state index in [1.54, 1.807) is 12.3 Å². The van der Waals surface area contributed by atoms with Crippen LogP contribution in [-0.2, 0) is 0 Å². The van der Waals surface area contributed by atoms with E-state index in [9.17, 15) is 4.79 Å². The number of carbonyl (C=O) groups is 1. The summed E-state index contributed by atoms with van der Waals surface area (Å²) >= 11 is 6.03. The van der Waals surface area contributed by atoms with E-state index < -0.39 is 0 Å². The highest BCUT2D eigenvalue weighted by Crippen LogP contribution is 2.17. The highest BCUT2D eigenvalue weighted by Gasteiger charge is 2.23. The molecule has 0 N–H and O–H groups in total. The third-order valence-corrected chi connectivity index (χ3v) is 3.99. The molecular weight excluding hydrogens is 274 g/mol. The molecule has 0 aliphatic carbocycles. The van der Waals surface area contributed by atoms with Gasteiger partial charge in [-0.05, 0) is 24.9 Å². The van der Waals surface area contributed by atoms with Crippen molar-refractivity contribution in [1.82, 2.24) is 14.8 Å². The summed E-state index contributed by atoms with van der Waals surface area (Å²) in [7, 11) is 0. The lowest BCUT2D eigenvalue weighted by atomic mass is 10.1. The van der Waals surface area contributed by atoms with Crippen LogP contribution in [0.2, 0.25) is 5.02 Å². The van der Waals surface area contributed by atoms with Gasteiger partial charge in [-0.3, -0.25) is 14.7 Å². The number of halogens is 1. The maximum Gasteiger partial charge on any atom is 0.255 e. The van der Waals surface area contributed by atoms with Crippen LogP contribution in [0, 0.1) is 5.92 Å². The van der Waals surface area contributed by atoms with Gasteiger partial charge in [-0.1, -0.05) is 25.4 Å². The largest absolute Gasteiger partial charge is 0.336 e. The van der Waals surface area contributed by atoms with Crippen molar-refractivity contribution in [3.63, 3.8) is 0 Å². The molecule has 0 aromatic carbocycles. The van der Waals surface area contributed by atoms with E-state index in [4.69, 9.17) is 11.6 Å². The summed E-state index contributed by atoms with van der Waals surface area (Å²) in [6.07, 6.45) is 4.34. The fraction of sp³-hybridized carbons (Fsp3) is 0.600. The number of hydrogen-bond donors (Lipinski definition) is 0. The first-order chi connectivity index (χ1) is 9.58. The normalized spacial score (nSPS) is 16.7. The maximum absolute atomic E-state index is 12.4. The zero-order valence-corrected chi connectivity index (χ0v) is 12.9. The summed E-state index contributed by atoms with van der Waals surface area (Å²) in [6.45, 7) is 9.04. The standard InChI is InChI=1S/C15H22ClN3O/c1-12(2)4-6-18-7-9-19(10-8-18)15(20)13-3-5-17-11-14(13)16/h3,5,11-12H,4,6-10H2,1-2H3. The van der Waals surface area contributed by atoms with E-state index in [2.05, 4.69) is 23.7 Å². The first kappa shape index (κ1) is 15.3. The fourth-order valence-electron chi connectivity index (χ4n) is 2.33. The SMILES string of the molecule is CC(C)CCN1CCN(C(=O)c2ccncc2Cl)CC1. The molecule has 0 unspecified atom stereocenters. The molecule has 4 nitrogen and oxygen atoms in total. The number of nitrogens with zero attached hydrogens (tertiary/aromatic N) is 3. The zero-order valence-electron chi connectivity index (χ0n) is 12.2. The summed E-state index contributed by atoms with van der Waals surface area (Å²) in [4.78, 5) is 20.6. The molecule has 5 heteroatoms. The summed E-state index contributed by atoms with van der Waals surface area (Å²) in [5, 5.41) is 0.430. The Balaban J connectivity index is 1.88. The van der Waals surface area contributed by atoms with E-state index in [0.717, 1.165) is 38.6 Å². The summed E-state index contributed by atoms with van der Waals surface area (Å²) < 4.78 is 0. The van der Waals surface area contributed by atoms with Crippen LogP contribution in [0.1, 0.15) is 30.6 Å². The van der Waals surface area contributed by atoms with Crippen LogP contribution in [0.3, 0.4) is 0 Å². The van der Waals surface area contributed by atoms with Crippen LogP contribution in [0.4, 0.5) is 0 Å². The Labute approximate surface area is 125 Å². The molecule has 1 aliphatic heterocycles. The Bertz CT molecular complexity index is 456. The van der Waals surface area contributed by atoms with Crippen molar-refractivity contribution in [1.29, 1.82) is 0 Å². The lowest BCUT2D eigenvalue weighted by Crippen LogP contribution is -2.49. The Morgan fingerprint density at radius 3 is 2.65 bits per heavy atom. The van der Waals surface area contributed by atoms with E-state index >= 15 is 0 Å². The number of carbonyl (C=O) groups excluding carboxylic acids is 1. The predicted molar refractivity (Wildman–Crippen MR) is 81.0 cm³/mol. The third kappa shape index (κ3) is 3.93. The van der Waals surface area contributed by atoms with Crippen LogP contribution in [0.25, 0.3) is 0 Å². The Kier molecular flexibility index (Phi) is 5.38. The van der Waals surface area contributed by atoms with Gasteiger partial charge in [0.05, 0.1) is 10.6 Å². The second kappa shape index (κ2) is 7.04. The van der Waals surface area contributed by atoms with Crippen LogP contribution >= 0.6 is 11.6 Å². The van der Waals surface area contributed by atoms with Gasteiger partial charge < -0.3 is 4.90 Å². The van der Waals surface area contributed by atoms with Crippen molar-refractivity contribution in [2.45, 2.75) is 20.3 Å². The quantitative estimate of drug-likeness (QED) is 0.856. The number of hydrogen-bond acceptors (Lipinski definition) is 3. The number of pyridine rings is 1. The second-order valence-corrected chi connectivity index (χ2v) is 6.08. The van der Waals surface area contributed by atoms with Gasteiger partial charge in [0.25, 0.3) is 5.91 Å². The van der Waals surface area contributed by atoms with Gasteiger partial charge in [-0.25, -0.2) is 0 Å². The molecule has 0 bridgehead atoms. The minimum absolute atomic E-state index is 0.0147. The maximum atomic E-state index is 12.4. The number of amides is 1. The number of rotatable bonds is 4. The summed E-state index contributed by atoms with van der Waals surface area (Å²) in [6, 6.07) is 1.69. The van der Waals surface area contributed by atoms with E-state index in [1.807, 2.05) is 4.90 Å². The van der Waals surface area contributed by atoms with Gasteiger partial charge in [-0.15, -0.1) is 0 Å². The predicted octanol–water partition coefficient (Wildman–Crippen LogP) is 2.54. The topological polar surface area (TPSA) is 36.4 Å². The van der Waals surface area contributed by atoms with Gasteiger partial charge in [0.15, 0.2) is 0 Å². The fourth-order valence-corrected chi connectivity index (χ4v) is 2.53. The van der Waals surface area contributed by atoms with Gasteiger partial charge >= 0.3 is 0 Å². The molecule has 0 spiro atoms. The number of aromatic nitrogens is 1. The monoisotopic (exact) mass is 295 g/mol. The Morgan fingerprint density at radius 2 is 2.05 bits per heavy atom. The molecule has 1 aliphatic rings. The zero-order chi connectivity index (χ0) is 14.5. The molecule has 2 heterocycles. The van der Waals surface area contributed by atoms with Crippen molar-refractivity contribution in [2.24, 2.45) is 5.92 Å². The van der Waals surface area contributed by atoms with Crippen molar-refractivity contribution in [3.05, 3.63) is 29.0 Å². The molecule has 1 aromatic rings. The second-order valence-electron chi connectivity index (χ2n) is 5.67. The molecule has 0 saturated carbocycles. The molecule has 2 rings (SSSR count). The van der Waals surface area contributed by atoms with E-state index in [-0.39, 0.29) is 5.91 Å². The van der Waals surface area contributed by atoms with Crippen LogP contribution in [0.15, 0.2) is 18.5 Å². The average molecular weight is 296 g/mol. The highest BCUT2D eigenvalue weighted by molar-refractivity contribution is 6.33. The van der Waals surface area contributed by atoms with Gasteiger partial charge in [0.1, 0.15) is 0 Å². The first-order valence-electron chi connectivity index (χ1n) is 7.19. The molecule has 1 fully saturated rings.